The molecule has 1 N–H and O–H groups in total. The van der Waals surface area contributed by atoms with Crippen LogP contribution in [0.4, 0.5) is 0 Å². The first-order valence-electron chi connectivity index (χ1n) is 2.59. The maximum atomic E-state index is 10.2. The quantitative estimate of drug-likeness (QED) is 0.764. The number of rotatable bonds is 1. The monoisotopic (exact) mass is 260 g/mol. The Morgan fingerprint density at radius 2 is 1.70 bits per heavy atom. The van der Waals surface area contributed by atoms with Crippen LogP contribution in [0.2, 0.25) is 0 Å². The third kappa shape index (κ3) is 2.90. The Kier molecular flexibility index (Phi) is 5.11. The molecule has 3 heteroatoms. The Bertz CT molecular complexity index is 208. The molecule has 0 fully saturated rings. The molecule has 0 amide bonds. The van der Waals surface area contributed by atoms with Gasteiger partial charge in [0.2, 0.25) is 0 Å². The molecule has 0 bridgehead atoms. The van der Waals surface area contributed by atoms with Crippen molar-refractivity contribution >= 4 is 54.9 Å². The van der Waals surface area contributed by atoms with Gasteiger partial charge >= 0.3 is 5.97 Å². The predicted molar refractivity (Wildman–Crippen MR) is 39.2 cm³/mol. The molecule has 48 valence electrons. The van der Waals surface area contributed by atoms with Crippen molar-refractivity contribution in [2.75, 3.05) is 0 Å². The summed E-state index contributed by atoms with van der Waals surface area (Å²) < 4.78 is 0. The molecular formula is C7H6BaO2. The summed E-state index contributed by atoms with van der Waals surface area (Å²) in [6.07, 6.45) is 0. The second-order valence-electron chi connectivity index (χ2n) is 1.67. The molecule has 1 aromatic carbocycles. The minimum Gasteiger partial charge on any atom is -0.478 e. The molecule has 0 saturated carbocycles. The first-order valence-corrected chi connectivity index (χ1v) is 2.59. The van der Waals surface area contributed by atoms with E-state index in [0.29, 0.717) is 5.56 Å². The fraction of sp³-hybridized carbons (Fsp3) is 0. The van der Waals surface area contributed by atoms with E-state index in [2.05, 4.69) is 0 Å². The van der Waals surface area contributed by atoms with Gasteiger partial charge in [-0.15, -0.1) is 0 Å². The largest absolute Gasteiger partial charge is 0.478 e. The average Bonchev–Trinajstić information content (AvgIpc) is 1.90. The van der Waals surface area contributed by atoms with Crippen molar-refractivity contribution in [1.82, 2.24) is 0 Å². The molecule has 10 heavy (non-hydrogen) atoms. The van der Waals surface area contributed by atoms with Crippen molar-refractivity contribution in [2.24, 2.45) is 0 Å². The fourth-order valence-corrected chi connectivity index (χ4v) is 0.581. The molecule has 0 saturated heterocycles. The predicted octanol–water partition coefficient (Wildman–Crippen LogP) is 1.00. The summed E-state index contributed by atoms with van der Waals surface area (Å²) in [7, 11) is 0. The second-order valence-corrected chi connectivity index (χ2v) is 1.67. The Balaban J connectivity index is 0.000000810. The second kappa shape index (κ2) is 4.98. The average molecular weight is 259 g/mol. The van der Waals surface area contributed by atoms with Gasteiger partial charge in [0, 0.05) is 48.9 Å². The molecule has 2 radical (unpaired) electrons. The number of hydrogen-bond acceptors (Lipinski definition) is 1. The summed E-state index contributed by atoms with van der Waals surface area (Å²) in [5.74, 6) is -0.879. The smallest absolute Gasteiger partial charge is 0.335 e. The van der Waals surface area contributed by atoms with Crippen molar-refractivity contribution < 1.29 is 9.90 Å². The van der Waals surface area contributed by atoms with Gasteiger partial charge in [-0.2, -0.15) is 0 Å². The van der Waals surface area contributed by atoms with E-state index in [1.54, 1.807) is 30.3 Å². The summed E-state index contributed by atoms with van der Waals surface area (Å²) >= 11 is 0. The molecule has 0 aliphatic carbocycles. The first-order chi connectivity index (χ1) is 4.30. The minimum atomic E-state index is -0.879. The van der Waals surface area contributed by atoms with Gasteiger partial charge in [-0.25, -0.2) is 4.79 Å². The van der Waals surface area contributed by atoms with E-state index in [9.17, 15) is 4.79 Å². The Hall–Kier alpha value is 0.261. The molecule has 0 heterocycles. The van der Waals surface area contributed by atoms with Crippen LogP contribution in [-0.2, 0) is 0 Å². The van der Waals surface area contributed by atoms with Crippen LogP contribution >= 0.6 is 0 Å². The molecular weight excluding hydrogens is 253 g/mol. The summed E-state index contributed by atoms with van der Waals surface area (Å²) in [4.78, 5) is 10.2. The zero-order valence-electron chi connectivity index (χ0n) is 5.45. The van der Waals surface area contributed by atoms with Crippen LogP contribution in [0, 0.1) is 0 Å². The molecule has 0 aliphatic rings. The number of benzene rings is 1. The van der Waals surface area contributed by atoms with Crippen molar-refractivity contribution in [3.05, 3.63) is 35.9 Å². The fourth-order valence-electron chi connectivity index (χ4n) is 0.581. The minimum absolute atomic E-state index is 0. The topological polar surface area (TPSA) is 37.3 Å². The van der Waals surface area contributed by atoms with E-state index in [0.717, 1.165) is 0 Å². The van der Waals surface area contributed by atoms with Gasteiger partial charge in [0.05, 0.1) is 5.56 Å². The molecule has 0 aliphatic heterocycles. The van der Waals surface area contributed by atoms with Gasteiger partial charge in [0.25, 0.3) is 0 Å². The van der Waals surface area contributed by atoms with Crippen LogP contribution in [0.25, 0.3) is 0 Å². The normalized spacial score (nSPS) is 8.00. The zero-order chi connectivity index (χ0) is 6.69. The van der Waals surface area contributed by atoms with Gasteiger partial charge in [-0.1, -0.05) is 18.2 Å². The van der Waals surface area contributed by atoms with E-state index in [1.807, 2.05) is 0 Å². The van der Waals surface area contributed by atoms with Gasteiger partial charge in [-0.05, 0) is 12.1 Å². The first kappa shape index (κ1) is 10.3. The number of hydrogen-bond donors (Lipinski definition) is 1. The van der Waals surface area contributed by atoms with Crippen molar-refractivity contribution in [2.45, 2.75) is 0 Å². The summed E-state index contributed by atoms with van der Waals surface area (Å²) in [5.41, 5.74) is 0.331. The van der Waals surface area contributed by atoms with Crippen molar-refractivity contribution in [3.63, 3.8) is 0 Å². The molecule has 0 unspecified atom stereocenters. The van der Waals surface area contributed by atoms with Crippen molar-refractivity contribution in [1.29, 1.82) is 0 Å². The Morgan fingerprint density at radius 3 is 2.00 bits per heavy atom. The molecule has 1 aromatic rings. The number of aromatic carboxylic acids is 1. The molecule has 0 spiro atoms. The van der Waals surface area contributed by atoms with Gasteiger partial charge < -0.3 is 5.11 Å². The van der Waals surface area contributed by atoms with Crippen LogP contribution in [0.15, 0.2) is 30.3 Å². The Morgan fingerprint density at radius 1 is 1.20 bits per heavy atom. The van der Waals surface area contributed by atoms with E-state index in [-0.39, 0.29) is 48.9 Å². The standard InChI is InChI=1S/C7H6O2.Ba/c8-7(9)6-4-2-1-3-5-6;/h1-5H,(H,8,9);. The molecule has 0 aromatic heterocycles. The summed E-state index contributed by atoms with van der Waals surface area (Å²) in [5, 5.41) is 8.38. The van der Waals surface area contributed by atoms with Crippen LogP contribution < -0.4 is 0 Å². The third-order valence-electron chi connectivity index (χ3n) is 1.02. The maximum absolute atomic E-state index is 10.2. The van der Waals surface area contributed by atoms with Gasteiger partial charge in [0.15, 0.2) is 0 Å². The van der Waals surface area contributed by atoms with Crippen LogP contribution in [0.1, 0.15) is 10.4 Å². The van der Waals surface area contributed by atoms with E-state index in [4.69, 9.17) is 5.11 Å². The van der Waals surface area contributed by atoms with E-state index < -0.39 is 5.97 Å². The van der Waals surface area contributed by atoms with Crippen LogP contribution in [0.3, 0.4) is 0 Å². The van der Waals surface area contributed by atoms with Gasteiger partial charge in [0.1, 0.15) is 0 Å². The number of carbonyl (C=O) groups is 1. The van der Waals surface area contributed by atoms with Crippen LogP contribution in [0.5, 0.6) is 0 Å². The summed E-state index contributed by atoms with van der Waals surface area (Å²) in [6.45, 7) is 0. The maximum Gasteiger partial charge on any atom is 0.335 e. The molecule has 0 atom stereocenters. The Labute approximate surface area is 99.3 Å². The van der Waals surface area contributed by atoms with E-state index >= 15 is 0 Å². The zero-order valence-corrected chi connectivity index (χ0v) is 9.89. The number of carboxylic acid groups (broad SMARTS) is 1. The van der Waals surface area contributed by atoms with Gasteiger partial charge in [-0.3, -0.25) is 0 Å². The SMILES string of the molecule is O=C(O)c1ccccc1.[Ba]. The molecule has 2 nitrogen and oxygen atoms in total. The summed E-state index contributed by atoms with van der Waals surface area (Å²) in [6, 6.07) is 8.30. The van der Waals surface area contributed by atoms with Crippen LogP contribution in [-0.4, -0.2) is 60.0 Å². The van der Waals surface area contributed by atoms with Crippen molar-refractivity contribution in [3.8, 4) is 0 Å². The number of carboxylic acids is 1. The van der Waals surface area contributed by atoms with E-state index in [1.165, 1.54) is 0 Å². The third-order valence-corrected chi connectivity index (χ3v) is 1.02. The molecule has 1 rings (SSSR count).